The molecule has 1 fully saturated rings. The number of benzene rings is 2. The minimum Gasteiger partial charge on any atom is -0.314 e. The molecule has 28 heavy (non-hydrogen) atoms. The second-order valence-electron chi connectivity index (χ2n) is 6.54. The first-order chi connectivity index (χ1) is 13.3. The first-order valence-corrected chi connectivity index (χ1v) is 10.2. The van der Waals surface area contributed by atoms with E-state index >= 15 is 0 Å². The average molecular weight is 409 g/mol. The van der Waals surface area contributed by atoms with Crippen molar-refractivity contribution in [1.29, 1.82) is 0 Å². The molecule has 2 aromatic rings. The van der Waals surface area contributed by atoms with Gasteiger partial charge in [-0.15, -0.1) is 0 Å². The van der Waals surface area contributed by atoms with Gasteiger partial charge in [0, 0.05) is 38.9 Å². The Hall–Kier alpha value is -2.36. The number of para-hydroxylation sites is 1. The third kappa shape index (κ3) is 4.37. The van der Waals surface area contributed by atoms with E-state index in [9.17, 15) is 22.0 Å². The number of anilines is 1. The van der Waals surface area contributed by atoms with E-state index in [-0.39, 0.29) is 30.4 Å². The van der Waals surface area contributed by atoms with Gasteiger partial charge in [0.2, 0.25) is 15.9 Å². The molecule has 0 spiro atoms. The number of nitrogens with zero attached hydrogens (tertiary/aromatic N) is 3. The van der Waals surface area contributed by atoms with Gasteiger partial charge in [-0.1, -0.05) is 18.2 Å². The number of halogens is 2. The highest BCUT2D eigenvalue weighted by Crippen LogP contribution is 2.20. The second kappa shape index (κ2) is 8.34. The number of rotatable bonds is 5. The fourth-order valence-electron chi connectivity index (χ4n) is 3.01. The van der Waals surface area contributed by atoms with E-state index < -0.39 is 21.7 Å². The first kappa shape index (κ1) is 20.4. The maximum atomic E-state index is 13.4. The highest BCUT2D eigenvalue weighted by molar-refractivity contribution is 7.89. The van der Waals surface area contributed by atoms with Crippen LogP contribution in [0.15, 0.2) is 53.4 Å². The van der Waals surface area contributed by atoms with Crippen LogP contribution in [0.1, 0.15) is 0 Å². The predicted molar refractivity (Wildman–Crippen MR) is 101 cm³/mol. The Bertz CT molecular complexity index is 946. The van der Waals surface area contributed by atoms with E-state index in [4.69, 9.17) is 0 Å². The van der Waals surface area contributed by atoms with Crippen molar-refractivity contribution >= 4 is 21.6 Å². The van der Waals surface area contributed by atoms with Crippen LogP contribution in [0.2, 0.25) is 0 Å². The summed E-state index contributed by atoms with van der Waals surface area (Å²) in [6.07, 6.45) is 0. The number of amides is 1. The highest BCUT2D eigenvalue weighted by atomic mass is 32.2. The van der Waals surface area contributed by atoms with Crippen LogP contribution >= 0.6 is 0 Å². The van der Waals surface area contributed by atoms with E-state index in [1.54, 1.807) is 11.9 Å². The lowest BCUT2D eigenvalue weighted by Crippen LogP contribution is -2.51. The SMILES string of the molecule is CN(C(=O)CN1CCN(S(=O)(=O)c2ccc(F)c(F)c2)CC1)c1ccccc1. The number of carbonyl (C=O) groups is 1. The Morgan fingerprint density at radius 3 is 2.25 bits per heavy atom. The van der Waals surface area contributed by atoms with E-state index in [2.05, 4.69) is 0 Å². The quantitative estimate of drug-likeness (QED) is 0.757. The molecule has 0 atom stereocenters. The van der Waals surface area contributed by atoms with Crippen molar-refractivity contribution in [1.82, 2.24) is 9.21 Å². The van der Waals surface area contributed by atoms with Crippen LogP contribution in [0.25, 0.3) is 0 Å². The third-order valence-corrected chi connectivity index (χ3v) is 6.63. The second-order valence-corrected chi connectivity index (χ2v) is 8.48. The molecule has 1 heterocycles. The number of sulfonamides is 1. The fourth-order valence-corrected chi connectivity index (χ4v) is 4.44. The van der Waals surface area contributed by atoms with Crippen LogP contribution in [-0.2, 0) is 14.8 Å². The lowest BCUT2D eigenvalue weighted by Gasteiger charge is -2.34. The van der Waals surface area contributed by atoms with E-state index in [1.165, 1.54) is 4.31 Å². The molecule has 0 N–H and O–H groups in total. The number of hydrogen-bond acceptors (Lipinski definition) is 4. The molecule has 9 heteroatoms. The molecule has 1 aliphatic rings. The van der Waals surface area contributed by atoms with Crippen LogP contribution in [0.4, 0.5) is 14.5 Å². The van der Waals surface area contributed by atoms with Crippen LogP contribution < -0.4 is 4.90 Å². The summed E-state index contributed by atoms with van der Waals surface area (Å²) in [4.78, 5) is 15.6. The van der Waals surface area contributed by atoms with Crippen molar-refractivity contribution in [3.8, 4) is 0 Å². The molecule has 150 valence electrons. The van der Waals surface area contributed by atoms with Crippen molar-refractivity contribution in [3.05, 3.63) is 60.2 Å². The summed E-state index contributed by atoms with van der Waals surface area (Å²) in [5, 5.41) is 0. The summed E-state index contributed by atoms with van der Waals surface area (Å²) < 4.78 is 52.9. The largest absolute Gasteiger partial charge is 0.314 e. The Morgan fingerprint density at radius 1 is 1.00 bits per heavy atom. The van der Waals surface area contributed by atoms with Gasteiger partial charge in [-0.25, -0.2) is 17.2 Å². The van der Waals surface area contributed by atoms with Crippen LogP contribution in [0, 0.1) is 11.6 Å². The number of carbonyl (C=O) groups excluding carboxylic acids is 1. The minimum absolute atomic E-state index is 0.0943. The van der Waals surface area contributed by atoms with Crippen LogP contribution in [0.5, 0.6) is 0 Å². The topological polar surface area (TPSA) is 60.9 Å². The van der Waals surface area contributed by atoms with Crippen molar-refractivity contribution in [2.45, 2.75) is 4.90 Å². The maximum absolute atomic E-state index is 13.4. The summed E-state index contributed by atoms with van der Waals surface area (Å²) in [5.41, 5.74) is 0.784. The van der Waals surface area contributed by atoms with Gasteiger partial charge in [-0.05, 0) is 30.3 Å². The van der Waals surface area contributed by atoms with E-state index in [1.807, 2.05) is 35.2 Å². The minimum atomic E-state index is -3.91. The van der Waals surface area contributed by atoms with Crippen LogP contribution in [-0.4, -0.2) is 63.3 Å². The molecule has 0 unspecified atom stereocenters. The molecular formula is C19H21F2N3O3S. The van der Waals surface area contributed by atoms with Gasteiger partial charge in [0.15, 0.2) is 11.6 Å². The van der Waals surface area contributed by atoms with Gasteiger partial charge in [0.1, 0.15) is 0 Å². The number of hydrogen-bond donors (Lipinski definition) is 0. The van der Waals surface area contributed by atoms with Crippen molar-refractivity contribution in [3.63, 3.8) is 0 Å². The van der Waals surface area contributed by atoms with Crippen molar-refractivity contribution in [2.24, 2.45) is 0 Å². The van der Waals surface area contributed by atoms with Gasteiger partial charge in [0.25, 0.3) is 0 Å². The van der Waals surface area contributed by atoms with E-state index in [0.717, 1.165) is 17.8 Å². The number of likely N-dealkylation sites (N-methyl/N-ethyl adjacent to an activating group) is 1. The normalized spacial score (nSPS) is 16.1. The maximum Gasteiger partial charge on any atom is 0.243 e. The summed E-state index contributed by atoms with van der Waals surface area (Å²) >= 11 is 0. The summed E-state index contributed by atoms with van der Waals surface area (Å²) in [5.74, 6) is -2.39. The lowest BCUT2D eigenvalue weighted by atomic mass is 10.3. The third-order valence-electron chi connectivity index (χ3n) is 4.74. The summed E-state index contributed by atoms with van der Waals surface area (Å²) in [6, 6.07) is 11.8. The highest BCUT2D eigenvalue weighted by Gasteiger charge is 2.30. The van der Waals surface area contributed by atoms with Crippen molar-refractivity contribution in [2.75, 3.05) is 44.7 Å². The predicted octanol–water partition coefficient (Wildman–Crippen LogP) is 1.93. The first-order valence-electron chi connectivity index (χ1n) is 8.78. The Balaban J connectivity index is 1.59. The molecule has 1 amide bonds. The Labute approximate surface area is 163 Å². The van der Waals surface area contributed by atoms with Gasteiger partial charge in [0.05, 0.1) is 11.4 Å². The lowest BCUT2D eigenvalue weighted by molar-refractivity contribution is -0.119. The molecule has 0 aliphatic carbocycles. The smallest absolute Gasteiger partial charge is 0.243 e. The monoisotopic (exact) mass is 409 g/mol. The Kier molecular flexibility index (Phi) is 6.07. The molecule has 1 aliphatic heterocycles. The zero-order chi connectivity index (χ0) is 20.3. The molecule has 2 aromatic carbocycles. The van der Waals surface area contributed by atoms with Gasteiger partial charge in [-0.2, -0.15) is 4.31 Å². The van der Waals surface area contributed by atoms with Crippen LogP contribution in [0.3, 0.4) is 0 Å². The molecule has 3 rings (SSSR count). The zero-order valence-corrected chi connectivity index (χ0v) is 16.2. The Morgan fingerprint density at radius 2 is 1.64 bits per heavy atom. The summed E-state index contributed by atoms with van der Waals surface area (Å²) in [6.45, 7) is 1.26. The van der Waals surface area contributed by atoms with Gasteiger partial charge >= 0.3 is 0 Å². The van der Waals surface area contributed by atoms with Gasteiger partial charge < -0.3 is 4.90 Å². The summed E-state index contributed by atoms with van der Waals surface area (Å²) in [7, 11) is -2.21. The molecule has 1 saturated heterocycles. The standard InChI is InChI=1S/C19H21F2N3O3S/c1-22(15-5-3-2-4-6-15)19(25)14-23-9-11-24(12-10-23)28(26,27)16-7-8-17(20)18(21)13-16/h2-8,13H,9-12,14H2,1H3. The van der Waals surface area contributed by atoms with E-state index in [0.29, 0.717) is 19.2 Å². The molecule has 0 aromatic heterocycles. The fraction of sp³-hybridized carbons (Fsp3) is 0.316. The average Bonchev–Trinajstić information content (AvgIpc) is 2.70. The van der Waals surface area contributed by atoms with Crippen molar-refractivity contribution < 1.29 is 22.0 Å². The molecule has 0 radical (unpaired) electrons. The molecule has 6 nitrogen and oxygen atoms in total. The molecule has 0 saturated carbocycles. The number of piperazine rings is 1. The molecular weight excluding hydrogens is 388 g/mol. The molecule has 0 bridgehead atoms. The zero-order valence-electron chi connectivity index (χ0n) is 15.4. The van der Waals surface area contributed by atoms with Gasteiger partial charge in [-0.3, -0.25) is 9.69 Å².